The van der Waals surface area contributed by atoms with E-state index in [4.69, 9.17) is 17.1 Å². The quantitative estimate of drug-likeness (QED) is 0.128. The number of para-hydroxylation sites is 4. The Balaban J connectivity index is 0.000000187. The summed E-state index contributed by atoms with van der Waals surface area (Å²) in [5, 5.41) is 2.18. The third-order valence-corrected chi connectivity index (χ3v) is 13.5. The summed E-state index contributed by atoms with van der Waals surface area (Å²) in [6.45, 7) is 12.5. The SMILES string of the molecule is [2H]C([2H])(c1cc(-c2[c-]ccc(C(C)(C)C)c2)nc[c]1[Ge]([CH3])([CH3])[CH3])C(C)(C)C.[Ir].[c-]1cc2c(cc1-c1nc3ccccc3n1-c1ccccc1)oc1ccccc12. The monoisotopic (exact) mass is 952 g/mol. The first-order valence-electron chi connectivity index (χ1n) is 19.3. The van der Waals surface area contributed by atoms with Gasteiger partial charge in [0.2, 0.25) is 0 Å². The van der Waals surface area contributed by atoms with E-state index in [0.717, 1.165) is 71.3 Å². The van der Waals surface area contributed by atoms with E-state index >= 15 is 0 Å². The predicted molar refractivity (Wildman–Crippen MR) is 226 cm³/mol. The summed E-state index contributed by atoms with van der Waals surface area (Å²) in [4.78, 5) is 9.65. The van der Waals surface area contributed by atoms with Crippen LogP contribution >= 0.6 is 0 Å². The Labute approximate surface area is 339 Å². The molecular formula is C48H49GeIrN3O-2. The fourth-order valence-corrected chi connectivity index (χ4v) is 9.55. The number of hydrogen-bond acceptors (Lipinski definition) is 3. The summed E-state index contributed by atoms with van der Waals surface area (Å²) < 4.78 is 27.2. The van der Waals surface area contributed by atoms with Crippen LogP contribution in [0.4, 0.5) is 0 Å². The minimum atomic E-state index is -2.29. The minimum Gasteiger partial charge on any atom is -0.476 e. The van der Waals surface area contributed by atoms with Crippen molar-refractivity contribution in [2.75, 3.05) is 0 Å². The molecule has 277 valence electrons. The second-order valence-electron chi connectivity index (χ2n) is 16.8. The van der Waals surface area contributed by atoms with Crippen molar-refractivity contribution in [1.29, 1.82) is 0 Å². The molecule has 0 bridgehead atoms. The molecule has 0 aliphatic carbocycles. The maximum atomic E-state index is 8.90. The van der Waals surface area contributed by atoms with Gasteiger partial charge in [-0.15, -0.1) is 17.7 Å². The maximum Gasteiger partial charge on any atom is 0.123 e. The van der Waals surface area contributed by atoms with Crippen LogP contribution < -0.4 is 4.40 Å². The number of hydrogen-bond donors (Lipinski definition) is 0. The van der Waals surface area contributed by atoms with Crippen molar-refractivity contribution in [3.63, 3.8) is 0 Å². The summed E-state index contributed by atoms with van der Waals surface area (Å²) in [6, 6.07) is 45.5. The number of benzene rings is 5. The normalized spacial score (nSPS) is 12.9. The number of imidazole rings is 1. The third kappa shape index (κ3) is 8.49. The van der Waals surface area contributed by atoms with Crippen molar-refractivity contribution in [2.45, 2.75) is 70.6 Å². The number of aromatic nitrogens is 3. The molecule has 3 heterocycles. The van der Waals surface area contributed by atoms with E-state index in [1.807, 2.05) is 106 Å². The van der Waals surface area contributed by atoms with Crippen LogP contribution in [0.1, 0.15) is 55.4 Å². The van der Waals surface area contributed by atoms with Gasteiger partial charge >= 0.3 is 160 Å². The van der Waals surface area contributed by atoms with E-state index in [-0.39, 0.29) is 25.5 Å². The first-order chi connectivity index (χ1) is 25.9. The second kappa shape index (κ2) is 15.5. The van der Waals surface area contributed by atoms with Crippen LogP contribution in [0.5, 0.6) is 0 Å². The molecule has 0 aliphatic rings. The van der Waals surface area contributed by atoms with Gasteiger partial charge in [0.05, 0.1) is 22.4 Å². The van der Waals surface area contributed by atoms with Gasteiger partial charge in [0.25, 0.3) is 0 Å². The Bertz CT molecular complexity index is 2640. The molecule has 0 fully saturated rings. The van der Waals surface area contributed by atoms with Gasteiger partial charge in [-0.3, -0.25) is 4.98 Å². The molecule has 0 spiro atoms. The van der Waals surface area contributed by atoms with Crippen molar-refractivity contribution < 1.29 is 27.3 Å². The molecular weight excluding hydrogens is 899 g/mol. The Morgan fingerprint density at radius 1 is 0.759 bits per heavy atom. The number of furan rings is 1. The average molecular weight is 951 g/mol. The zero-order valence-electron chi connectivity index (χ0n) is 34.6. The summed E-state index contributed by atoms with van der Waals surface area (Å²) in [5.74, 6) is 7.75. The summed E-state index contributed by atoms with van der Waals surface area (Å²) >= 11 is -2.29. The van der Waals surface area contributed by atoms with E-state index < -0.39 is 25.1 Å². The van der Waals surface area contributed by atoms with Gasteiger partial charge < -0.3 is 8.98 Å². The van der Waals surface area contributed by atoms with Crippen molar-refractivity contribution >= 4 is 50.6 Å². The van der Waals surface area contributed by atoms with Crippen molar-refractivity contribution in [2.24, 2.45) is 5.41 Å². The first-order valence-corrected chi connectivity index (χ1v) is 25.7. The Kier molecular flexibility index (Phi) is 10.5. The molecule has 1 radical (unpaired) electrons. The molecule has 0 unspecified atom stereocenters. The molecule has 8 rings (SSSR count). The predicted octanol–water partition coefficient (Wildman–Crippen LogP) is 12.4. The van der Waals surface area contributed by atoms with Gasteiger partial charge in [-0.1, -0.05) is 60.0 Å². The zero-order chi connectivity index (χ0) is 39.3. The topological polar surface area (TPSA) is 43.9 Å². The average Bonchev–Trinajstić information content (AvgIpc) is 3.73. The van der Waals surface area contributed by atoms with E-state index in [9.17, 15) is 0 Å². The molecule has 54 heavy (non-hydrogen) atoms. The molecule has 0 atom stereocenters. The van der Waals surface area contributed by atoms with E-state index in [1.54, 1.807) is 0 Å². The molecule has 5 aromatic carbocycles. The van der Waals surface area contributed by atoms with E-state index in [0.29, 0.717) is 0 Å². The Morgan fingerprint density at radius 2 is 1.46 bits per heavy atom. The number of nitrogens with zero attached hydrogens (tertiary/aromatic N) is 3. The first kappa shape index (κ1) is 36.7. The Morgan fingerprint density at radius 3 is 2.19 bits per heavy atom. The number of pyridine rings is 1. The zero-order valence-corrected chi connectivity index (χ0v) is 37.1. The van der Waals surface area contributed by atoms with Gasteiger partial charge in [-0.2, -0.15) is 0 Å². The van der Waals surface area contributed by atoms with Gasteiger partial charge in [-0.05, 0) is 35.7 Å². The molecule has 4 nitrogen and oxygen atoms in total. The molecule has 0 saturated heterocycles. The van der Waals surface area contributed by atoms with Gasteiger partial charge in [0, 0.05) is 25.8 Å². The largest absolute Gasteiger partial charge is 0.476 e. The van der Waals surface area contributed by atoms with E-state index in [2.05, 4.69) is 91.1 Å². The fraction of sp³-hybridized carbons (Fsp3) is 0.250. The molecule has 0 amide bonds. The van der Waals surface area contributed by atoms with Crippen LogP contribution in [0.3, 0.4) is 0 Å². The van der Waals surface area contributed by atoms with E-state index in [1.165, 1.54) is 5.56 Å². The number of fused-ring (bicyclic) bond motifs is 4. The van der Waals surface area contributed by atoms with Crippen molar-refractivity contribution in [3.05, 3.63) is 145 Å². The molecule has 6 heteroatoms. The van der Waals surface area contributed by atoms with Crippen LogP contribution in [0.15, 0.2) is 126 Å². The minimum absolute atomic E-state index is 0. The van der Waals surface area contributed by atoms with Crippen LogP contribution in [0, 0.1) is 17.5 Å². The van der Waals surface area contributed by atoms with Crippen LogP contribution in [-0.2, 0) is 31.9 Å². The maximum absolute atomic E-state index is 8.90. The van der Waals surface area contributed by atoms with Crippen LogP contribution in [0.2, 0.25) is 17.3 Å². The fourth-order valence-electron chi connectivity index (χ4n) is 6.63. The smallest absolute Gasteiger partial charge is 0.123 e. The van der Waals surface area contributed by atoms with Crippen LogP contribution in [0.25, 0.3) is 61.3 Å². The summed E-state index contributed by atoms with van der Waals surface area (Å²) in [6.07, 6.45) is 0.506. The standard InChI is InChI=1S/C25H15N2O.C23H34GeN.Ir/c1-2-8-18(9-3-1)27-22-12-6-5-11-21(22)26-25(27)17-14-15-20-19-10-4-7-13-23(19)28-24(20)16-17;1-22(2,3)15-18-14-21(25-16-20(18)24(7,8)9)17-11-10-12-19(13-17)23(4,5)6;/h1-13,15-16H;10,12-14,16H,15H2,1-9H3;/q2*-1;/i;15D2;. The third-order valence-electron chi connectivity index (χ3n) is 9.29. The second-order valence-corrected chi connectivity index (χ2v) is 27.4. The molecule has 3 aromatic heterocycles. The molecule has 0 saturated carbocycles. The van der Waals surface area contributed by atoms with Gasteiger partial charge in [-0.25, -0.2) is 0 Å². The van der Waals surface area contributed by atoms with Gasteiger partial charge in [0.1, 0.15) is 5.58 Å². The number of rotatable bonds is 5. The van der Waals surface area contributed by atoms with Crippen molar-refractivity contribution in [3.8, 4) is 28.3 Å². The van der Waals surface area contributed by atoms with Gasteiger partial charge in [0.15, 0.2) is 0 Å². The van der Waals surface area contributed by atoms with Crippen LogP contribution in [-0.4, -0.2) is 27.8 Å². The van der Waals surface area contributed by atoms with Crippen molar-refractivity contribution in [1.82, 2.24) is 14.5 Å². The Hall–Kier alpha value is -4.29. The summed E-state index contributed by atoms with van der Waals surface area (Å²) in [5.41, 5.74) is 9.08. The molecule has 0 aliphatic heterocycles. The molecule has 0 N–H and O–H groups in total. The molecule has 8 aromatic rings. The summed E-state index contributed by atoms with van der Waals surface area (Å²) in [7, 11) is 0.